The van der Waals surface area contributed by atoms with E-state index in [2.05, 4.69) is 15.9 Å². The van der Waals surface area contributed by atoms with Crippen molar-refractivity contribution in [2.75, 3.05) is 21.1 Å². The Labute approximate surface area is 85.3 Å². The fourth-order valence-electron chi connectivity index (χ4n) is 0.737. The van der Waals surface area contributed by atoms with Gasteiger partial charge in [0, 0.05) is 0 Å². The van der Waals surface area contributed by atoms with Gasteiger partial charge < -0.3 is 10.3 Å². The first kappa shape index (κ1) is 13.1. The molecule has 1 rings (SSSR count). The van der Waals surface area contributed by atoms with E-state index in [0.717, 1.165) is 0 Å². The van der Waals surface area contributed by atoms with Crippen LogP contribution in [0.15, 0.2) is 4.52 Å². The number of hydrogen-bond acceptors (Lipinski definition) is 5. The Hall–Kier alpha value is -0.940. The van der Waals surface area contributed by atoms with Crippen LogP contribution in [0.1, 0.15) is 25.6 Å². The zero-order valence-electron chi connectivity index (χ0n) is 9.83. The fraction of sp³-hybridized carbons (Fsp3) is 0.778. The summed E-state index contributed by atoms with van der Waals surface area (Å²) in [5, 5.41) is 3.75. The predicted octanol–water partition coefficient (Wildman–Crippen LogP) is 0.750. The summed E-state index contributed by atoms with van der Waals surface area (Å²) in [5.41, 5.74) is 4.31. The molecule has 0 spiro atoms. The van der Waals surface area contributed by atoms with Crippen LogP contribution in [0.25, 0.3) is 0 Å². The molecule has 1 aromatic rings. The molecule has 2 N–H and O–H groups in total. The molecule has 0 unspecified atom stereocenters. The summed E-state index contributed by atoms with van der Waals surface area (Å²) in [6.07, 6.45) is 0. The van der Waals surface area contributed by atoms with Crippen molar-refractivity contribution >= 4 is 0 Å². The van der Waals surface area contributed by atoms with Crippen molar-refractivity contribution in [1.29, 1.82) is 0 Å². The summed E-state index contributed by atoms with van der Waals surface area (Å²) in [7, 11) is 5.47. The maximum Gasteiger partial charge on any atom is 0.246 e. The normalized spacial score (nSPS) is 11.1. The van der Waals surface area contributed by atoms with Crippen molar-refractivity contribution in [1.82, 2.24) is 15.0 Å². The zero-order chi connectivity index (χ0) is 11.4. The second kappa shape index (κ2) is 5.07. The number of nitrogens with two attached hydrogens (primary N) is 1. The molecule has 0 aliphatic rings. The van der Waals surface area contributed by atoms with Gasteiger partial charge in [0.25, 0.3) is 0 Å². The van der Waals surface area contributed by atoms with Gasteiger partial charge in [-0.3, -0.25) is 4.90 Å². The van der Waals surface area contributed by atoms with E-state index in [-0.39, 0.29) is 5.54 Å². The van der Waals surface area contributed by atoms with E-state index in [9.17, 15) is 0 Å². The van der Waals surface area contributed by atoms with Gasteiger partial charge in [-0.15, -0.1) is 0 Å². The van der Waals surface area contributed by atoms with Gasteiger partial charge in [-0.1, -0.05) is 5.16 Å². The third-order valence-corrected chi connectivity index (χ3v) is 2.17. The van der Waals surface area contributed by atoms with Crippen molar-refractivity contribution in [3.05, 3.63) is 11.7 Å². The smallest absolute Gasteiger partial charge is 0.246 e. The van der Waals surface area contributed by atoms with Crippen LogP contribution in [-0.4, -0.2) is 36.2 Å². The minimum Gasteiger partial charge on any atom is -0.337 e. The highest BCUT2D eigenvalue weighted by Crippen LogP contribution is 2.22. The highest BCUT2D eigenvalue weighted by Gasteiger charge is 2.29. The van der Waals surface area contributed by atoms with E-state index in [1.807, 2.05) is 39.8 Å². The molecule has 0 radical (unpaired) electrons. The molecule has 1 heterocycles. The van der Waals surface area contributed by atoms with Crippen LogP contribution < -0.4 is 5.73 Å². The van der Waals surface area contributed by atoms with Crippen molar-refractivity contribution < 1.29 is 4.52 Å². The molecule has 0 bridgehead atoms. The molecule has 0 amide bonds. The average Bonchev–Trinajstić information content (AvgIpc) is 2.55. The molecule has 1 aromatic heterocycles. The molecule has 14 heavy (non-hydrogen) atoms. The van der Waals surface area contributed by atoms with Gasteiger partial charge in [-0.2, -0.15) is 4.98 Å². The van der Waals surface area contributed by atoms with Crippen LogP contribution in [0, 0.1) is 6.92 Å². The van der Waals surface area contributed by atoms with Crippen molar-refractivity contribution in [3.8, 4) is 0 Å². The summed E-state index contributed by atoms with van der Waals surface area (Å²) >= 11 is 0. The summed E-state index contributed by atoms with van der Waals surface area (Å²) < 4.78 is 5.09. The standard InChI is InChI=1S/C8H15N3O.CH5N/c1-6-9-7(12-10-6)8(2,3)11(4)5;1-2/h1-5H3;2H2,1H3. The maximum absolute atomic E-state index is 5.09. The number of nitrogens with zero attached hydrogens (tertiary/aromatic N) is 3. The number of aryl methyl sites for hydroxylation is 1. The molecule has 0 aliphatic carbocycles. The quantitative estimate of drug-likeness (QED) is 0.763. The van der Waals surface area contributed by atoms with Crippen LogP contribution in [0.2, 0.25) is 0 Å². The minimum atomic E-state index is -0.193. The van der Waals surface area contributed by atoms with Crippen molar-refractivity contribution in [3.63, 3.8) is 0 Å². The molecule has 0 saturated heterocycles. The second-order valence-corrected chi connectivity index (χ2v) is 3.60. The average molecular weight is 200 g/mol. The van der Waals surface area contributed by atoms with Gasteiger partial charge >= 0.3 is 0 Å². The highest BCUT2D eigenvalue weighted by atomic mass is 16.5. The topological polar surface area (TPSA) is 68.2 Å². The van der Waals surface area contributed by atoms with Gasteiger partial charge in [0.15, 0.2) is 5.82 Å². The van der Waals surface area contributed by atoms with Gasteiger partial charge in [0.1, 0.15) is 0 Å². The van der Waals surface area contributed by atoms with Crippen molar-refractivity contribution in [2.24, 2.45) is 5.73 Å². The van der Waals surface area contributed by atoms with Gasteiger partial charge in [0.05, 0.1) is 5.54 Å². The molecule has 0 aliphatic heterocycles. The summed E-state index contributed by atoms with van der Waals surface area (Å²) in [6.45, 7) is 5.90. The molecule has 5 nitrogen and oxygen atoms in total. The summed E-state index contributed by atoms with van der Waals surface area (Å²) in [5.74, 6) is 1.34. The van der Waals surface area contributed by atoms with Crippen LogP contribution in [0.3, 0.4) is 0 Å². The molecular weight excluding hydrogens is 180 g/mol. The van der Waals surface area contributed by atoms with E-state index in [4.69, 9.17) is 4.52 Å². The Bertz CT molecular complexity index is 268. The van der Waals surface area contributed by atoms with Gasteiger partial charge in [-0.25, -0.2) is 0 Å². The Morgan fingerprint density at radius 2 is 1.79 bits per heavy atom. The van der Waals surface area contributed by atoms with Crippen molar-refractivity contribution in [2.45, 2.75) is 26.3 Å². The van der Waals surface area contributed by atoms with E-state index in [0.29, 0.717) is 11.7 Å². The lowest BCUT2D eigenvalue weighted by Crippen LogP contribution is -2.35. The van der Waals surface area contributed by atoms with E-state index >= 15 is 0 Å². The largest absolute Gasteiger partial charge is 0.337 e. The lowest BCUT2D eigenvalue weighted by molar-refractivity contribution is 0.143. The predicted molar refractivity (Wildman–Crippen MR) is 55.9 cm³/mol. The lowest BCUT2D eigenvalue weighted by atomic mass is 10.1. The molecule has 5 heteroatoms. The lowest BCUT2D eigenvalue weighted by Gasteiger charge is -2.27. The number of hydrogen-bond donors (Lipinski definition) is 1. The first-order chi connectivity index (χ1) is 6.44. The number of aromatic nitrogens is 2. The molecule has 0 fully saturated rings. The summed E-state index contributed by atoms with van der Waals surface area (Å²) in [4.78, 5) is 6.23. The van der Waals surface area contributed by atoms with Crippen LogP contribution in [0.5, 0.6) is 0 Å². The number of rotatable bonds is 2. The minimum absolute atomic E-state index is 0.193. The Morgan fingerprint density at radius 1 is 1.29 bits per heavy atom. The Morgan fingerprint density at radius 3 is 2.07 bits per heavy atom. The second-order valence-electron chi connectivity index (χ2n) is 3.60. The van der Waals surface area contributed by atoms with Gasteiger partial charge in [0.2, 0.25) is 5.89 Å². The molecule has 82 valence electrons. The highest BCUT2D eigenvalue weighted by molar-refractivity contribution is 4.97. The fourth-order valence-corrected chi connectivity index (χ4v) is 0.737. The first-order valence-corrected chi connectivity index (χ1v) is 4.50. The van der Waals surface area contributed by atoms with E-state index in [1.165, 1.54) is 7.05 Å². The Kier molecular flexibility index (Phi) is 4.73. The summed E-state index contributed by atoms with van der Waals surface area (Å²) in [6, 6.07) is 0. The SMILES string of the molecule is CN.Cc1noc(C(C)(C)N(C)C)n1. The molecule has 0 aromatic carbocycles. The third kappa shape index (κ3) is 2.78. The first-order valence-electron chi connectivity index (χ1n) is 4.50. The Balaban J connectivity index is 0.000000791. The van der Waals surface area contributed by atoms with Crippen LogP contribution in [0.4, 0.5) is 0 Å². The van der Waals surface area contributed by atoms with Crippen LogP contribution in [-0.2, 0) is 5.54 Å². The maximum atomic E-state index is 5.09. The monoisotopic (exact) mass is 200 g/mol. The zero-order valence-corrected chi connectivity index (χ0v) is 9.83. The van der Waals surface area contributed by atoms with E-state index in [1.54, 1.807) is 0 Å². The molecule has 0 saturated carbocycles. The molecular formula is C9H20N4O. The van der Waals surface area contributed by atoms with Gasteiger partial charge in [-0.05, 0) is 41.9 Å². The van der Waals surface area contributed by atoms with E-state index < -0.39 is 0 Å². The third-order valence-electron chi connectivity index (χ3n) is 2.17. The van der Waals surface area contributed by atoms with Crippen LogP contribution >= 0.6 is 0 Å². The molecule has 0 atom stereocenters.